The molecule has 2 aromatic heterocycles. The zero-order valence-corrected chi connectivity index (χ0v) is 24.7. The summed E-state index contributed by atoms with van der Waals surface area (Å²) >= 11 is 0. The number of nitrogens with one attached hydrogen (secondary N) is 1. The quantitative estimate of drug-likeness (QED) is 0.174. The lowest BCUT2D eigenvalue weighted by Crippen LogP contribution is -2.29. The molecule has 0 saturated carbocycles. The molecule has 0 bridgehead atoms. The standard InChI is InChI=1S/C34H28F3N3O6/c1-19-3-4-22(20(2)11-19)16-40-31(14-28(34(35,36)37)27(15-38)32(40)43)21-5-7-25(8-6-21)46-26-9-10-29-23(12-26)13-30(39-29)33(44)45-18-24(42)17-41/h3-14,24,39,41-42H,16-18H2,1-2H3. The van der Waals surface area contributed by atoms with Crippen molar-refractivity contribution in [2.24, 2.45) is 0 Å². The van der Waals surface area contributed by atoms with Crippen LogP contribution in [-0.4, -0.2) is 45.1 Å². The number of fused-ring (bicyclic) bond motifs is 1. The second-order valence-corrected chi connectivity index (χ2v) is 10.7. The number of aromatic amines is 1. The number of nitrogens with zero attached hydrogens (tertiary/aromatic N) is 2. The summed E-state index contributed by atoms with van der Waals surface area (Å²) in [6, 6.07) is 20.5. The number of hydrogen-bond acceptors (Lipinski definition) is 7. The van der Waals surface area contributed by atoms with Crippen molar-refractivity contribution in [3.8, 4) is 28.8 Å². The number of carbonyl (C=O) groups is 1. The van der Waals surface area contributed by atoms with Crippen molar-refractivity contribution in [2.75, 3.05) is 13.2 Å². The van der Waals surface area contributed by atoms with Crippen LogP contribution in [0.25, 0.3) is 22.2 Å². The smallest absolute Gasteiger partial charge is 0.417 e. The fourth-order valence-electron chi connectivity index (χ4n) is 4.98. The van der Waals surface area contributed by atoms with Crippen molar-refractivity contribution >= 4 is 16.9 Å². The number of halogens is 3. The van der Waals surface area contributed by atoms with Crippen LogP contribution in [0.15, 0.2) is 77.6 Å². The molecule has 0 aliphatic heterocycles. The highest BCUT2D eigenvalue weighted by molar-refractivity contribution is 5.95. The first kappa shape index (κ1) is 32.0. The average Bonchev–Trinajstić information content (AvgIpc) is 3.45. The Hall–Kier alpha value is -5.38. The molecule has 5 rings (SSSR count). The number of alkyl halides is 3. The molecule has 5 aromatic rings. The topological polar surface area (TPSA) is 138 Å². The molecule has 0 amide bonds. The second kappa shape index (κ2) is 12.9. The fraction of sp³-hybridized carbons (Fsp3) is 0.206. The van der Waals surface area contributed by atoms with Crippen molar-refractivity contribution in [3.05, 3.63) is 117 Å². The van der Waals surface area contributed by atoms with Gasteiger partial charge < -0.3 is 29.2 Å². The van der Waals surface area contributed by atoms with E-state index in [0.29, 0.717) is 28.0 Å². The molecule has 1 unspecified atom stereocenters. The van der Waals surface area contributed by atoms with E-state index in [2.05, 4.69) is 4.98 Å². The molecular weight excluding hydrogens is 603 g/mol. The van der Waals surface area contributed by atoms with Gasteiger partial charge in [0, 0.05) is 10.9 Å². The van der Waals surface area contributed by atoms with Crippen LogP contribution in [0, 0.1) is 25.2 Å². The minimum Gasteiger partial charge on any atom is -0.458 e. The molecule has 46 heavy (non-hydrogen) atoms. The summed E-state index contributed by atoms with van der Waals surface area (Å²) in [6.07, 6.45) is -6.11. The monoisotopic (exact) mass is 631 g/mol. The highest BCUT2D eigenvalue weighted by Crippen LogP contribution is 2.35. The van der Waals surface area contributed by atoms with Gasteiger partial charge in [-0.1, -0.05) is 23.8 Å². The Labute approximate surface area is 260 Å². The third-order valence-corrected chi connectivity index (χ3v) is 7.36. The highest BCUT2D eigenvalue weighted by Gasteiger charge is 2.36. The normalized spacial score (nSPS) is 12.1. The average molecular weight is 632 g/mol. The maximum Gasteiger partial charge on any atom is 0.417 e. The fourth-order valence-corrected chi connectivity index (χ4v) is 4.98. The maximum atomic E-state index is 14.0. The molecule has 0 spiro atoms. The first-order valence-electron chi connectivity index (χ1n) is 14.1. The Morgan fingerprint density at radius 2 is 1.74 bits per heavy atom. The molecule has 0 aliphatic rings. The number of pyridine rings is 1. The van der Waals surface area contributed by atoms with Gasteiger partial charge in [-0.25, -0.2) is 4.79 Å². The number of aromatic nitrogens is 2. The van der Waals surface area contributed by atoms with Crippen LogP contribution in [0.5, 0.6) is 11.5 Å². The predicted octanol–water partition coefficient (Wildman–Crippen LogP) is 5.85. The van der Waals surface area contributed by atoms with Gasteiger partial charge in [0.25, 0.3) is 5.56 Å². The van der Waals surface area contributed by atoms with Gasteiger partial charge >= 0.3 is 12.1 Å². The number of ether oxygens (including phenoxy) is 2. The van der Waals surface area contributed by atoms with Crippen molar-refractivity contribution in [3.63, 3.8) is 0 Å². The summed E-state index contributed by atoms with van der Waals surface area (Å²) in [5.41, 5.74) is 0.279. The zero-order valence-electron chi connectivity index (χ0n) is 24.7. The van der Waals surface area contributed by atoms with Crippen LogP contribution in [0.1, 0.15) is 38.3 Å². The molecule has 0 fully saturated rings. The van der Waals surface area contributed by atoms with Gasteiger partial charge in [-0.15, -0.1) is 0 Å². The van der Waals surface area contributed by atoms with Gasteiger partial charge in [-0.05, 0) is 85.1 Å². The summed E-state index contributed by atoms with van der Waals surface area (Å²) in [4.78, 5) is 28.5. The minimum atomic E-state index is -4.92. The zero-order chi connectivity index (χ0) is 33.2. The molecule has 3 N–H and O–H groups in total. The molecule has 236 valence electrons. The van der Waals surface area contributed by atoms with Crippen LogP contribution in [0.4, 0.5) is 13.2 Å². The lowest BCUT2D eigenvalue weighted by Gasteiger charge is -2.19. The largest absolute Gasteiger partial charge is 0.458 e. The van der Waals surface area contributed by atoms with E-state index in [4.69, 9.17) is 14.6 Å². The highest BCUT2D eigenvalue weighted by atomic mass is 19.4. The number of hydrogen-bond donors (Lipinski definition) is 3. The number of nitriles is 1. The van der Waals surface area contributed by atoms with Gasteiger partial charge in [0.1, 0.15) is 41.5 Å². The third-order valence-electron chi connectivity index (χ3n) is 7.36. The summed E-state index contributed by atoms with van der Waals surface area (Å²) in [7, 11) is 0. The van der Waals surface area contributed by atoms with Gasteiger partial charge in [-0.3, -0.25) is 4.79 Å². The first-order chi connectivity index (χ1) is 21.9. The number of rotatable bonds is 9. The number of benzene rings is 3. The van der Waals surface area contributed by atoms with E-state index in [1.54, 1.807) is 36.4 Å². The summed E-state index contributed by atoms with van der Waals surface area (Å²) in [6.45, 7) is 2.80. The van der Waals surface area contributed by atoms with E-state index in [9.17, 15) is 33.1 Å². The SMILES string of the molecule is Cc1ccc(Cn2c(-c3ccc(Oc4ccc5[nH]c(C(=O)OCC(O)CO)cc5c4)cc3)cc(C(F)(F)F)c(C#N)c2=O)c(C)c1. The van der Waals surface area contributed by atoms with Crippen molar-refractivity contribution < 1.29 is 37.7 Å². The number of aliphatic hydroxyl groups excluding tert-OH is 2. The number of aryl methyl sites for hydroxylation is 2. The van der Waals surface area contributed by atoms with Gasteiger partial charge in [0.2, 0.25) is 0 Å². The molecule has 0 aliphatic carbocycles. The number of esters is 1. The molecular formula is C34H28F3N3O6. The van der Waals surface area contributed by atoms with Crippen LogP contribution < -0.4 is 10.3 Å². The van der Waals surface area contributed by atoms with Crippen LogP contribution >= 0.6 is 0 Å². The molecule has 12 heteroatoms. The van der Waals surface area contributed by atoms with E-state index in [0.717, 1.165) is 22.8 Å². The van der Waals surface area contributed by atoms with Gasteiger partial charge in [0.05, 0.1) is 24.4 Å². The molecule has 9 nitrogen and oxygen atoms in total. The predicted molar refractivity (Wildman–Crippen MR) is 163 cm³/mol. The van der Waals surface area contributed by atoms with E-state index in [1.807, 2.05) is 26.0 Å². The van der Waals surface area contributed by atoms with Gasteiger partial charge in [-0.2, -0.15) is 18.4 Å². The Morgan fingerprint density at radius 1 is 1.02 bits per heavy atom. The van der Waals surface area contributed by atoms with Crippen LogP contribution in [0.2, 0.25) is 0 Å². The first-order valence-corrected chi connectivity index (χ1v) is 14.1. The summed E-state index contributed by atoms with van der Waals surface area (Å²) < 4.78 is 54.0. The minimum absolute atomic E-state index is 0.0116. The number of aliphatic hydroxyl groups is 2. The van der Waals surface area contributed by atoms with Gasteiger partial charge in [0.15, 0.2) is 0 Å². The van der Waals surface area contributed by atoms with Crippen LogP contribution in [-0.2, 0) is 17.5 Å². The van der Waals surface area contributed by atoms with Crippen LogP contribution in [0.3, 0.4) is 0 Å². The third kappa shape index (κ3) is 6.81. The Kier molecular flexibility index (Phi) is 9.00. The number of H-pyrrole nitrogens is 1. The molecule has 0 saturated heterocycles. The van der Waals surface area contributed by atoms with E-state index < -0.39 is 41.5 Å². The summed E-state index contributed by atoms with van der Waals surface area (Å²) in [5.74, 6) is 0.0397. The maximum absolute atomic E-state index is 14.0. The summed E-state index contributed by atoms with van der Waals surface area (Å²) in [5, 5.41) is 28.4. The van der Waals surface area contributed by atoms with Crippen molar-refractivity contribution in [2.45, 2.75) is 32.7 Å². The van der Waals surface area contributed by atoms with E-state index in [-0.39, 0.29) is 24.5 Å². The van der Waals surface area contributed by atoms with E-state index >= 15 is 0 Å². The molecule has 1 atom stereocenters. The lowest BCUT2D eigenvalue weighted by atomic mass is 10.0. The Balaban J connectivity index is 1.45. The van der Waals surface area contributed by atoms with Crippen molar-refractivity contribution in [1.82, 2.24) is 9.55 Å². The molecule has 3 aromatic carbocycles. The Morgan fingerprint density at radius 3 is 2.39 bits per heavy atom. The number of carbonyl (C=O) groups excluding carboxylic acids is 1. The lowest BCUT2D eigenvalue weighted by molar-refractivity contribution is -0.137. The van der Waals surface area contributed by atoms with E-state index in [1.165, 1.54) is 28.8 Å². The second-order valence-electron chi connectivity index (χ2n) is 10.7. The molecule has 0 radical (unpaired) electrons. The van der Waals surface area contributed by atoms with Crippen molar-refractivity contribution in [1.29, 1.82) is 5.26 Å². The molecule has 2 heterocycles. The Bertz CT molecular complexity index is 2020.